The Morgan fingerprint density at radius 2 is 2.13 bits per heavy atom. The lowest BCUT2D eigenvalue weighted by molar-refractivity contribution is -0.142. The highest BCUT2D eigenvalue weighted by molar-refractivity contribution is 5.85. The Morgan fingerprint density at radius 1 is 1.53 bits per heavy atom. The highest BCUT2D eigenvalue weighted by Gasteiger charge is 2.16. The molecule has 15 heavy (non-hydrogen) atoms. The van der Waals surface area contributed by atoms with E-state index < -0.39 is 12.0 Å². The van der Waals surface area contributed by atoms with Gasteiger partial charge in [-0.2, -0.15) is 0 Å². The monoisotopic (exact) mass is 233 g/mol. The maximum Gasteiger partial charge on any atom is 0.327 e. The molecule has 0 heterocycles. The Balaban J connectivity index is 0.00000196. The molecule has 0 bridgehead atoms. The van der Waals surface area contributed by atoms with Crippen LogP contribution in [0, 0.1) is 12.7 Å². The zero-order valence-electron chi connectivity index (χ0n) is 8.49. The number of carbonyl (C=O) groups is 1. The summed E-state index contributed by atoms with van der Waals surface area (Å²) in [5.41, 5.74) is 6.58. The number of carbonyl (C=O) groups excluding carboxylic acids is 1. The van der Waals surface area contributed by atoms with E-state index in [4.69, 9.17) is 5.73 Å². The second-order valence-corrected chi connectivity index (χ2v) is 3.01. The van der Waals surface area contributed by atoms with Crippen molar-refractivity contribution in [3.8, 4) is 0 Å². The number of esters is 1. The van der Waals surface area contributed by atoms with Gasteiger partial charge in [-0.25, -0.2) is 4.39 Å². The summed E-state index contributed by atoms with van der Waals surface area (Å²) in [4.78, 5) is 11.1. The first kappa shape index (κ1) is 13.9. The van der Waals surface area contributed by atoms with Gasteiger partial charge in [0.05, 0.1) is 7.11 Å². The summed E-state index contributed by atoms with van der Waals surface area (Å²) < 4.78 is 17.4. The van der Waals surface area contributed by atoms with E-state index in [0.29, 0.717) is 11.1 Å². The molecule has 0 saturated carbocycles. The minimum absolute atomic E-state index is 0. The van der Waals surface area contributed by atoms with Gasteiger partial charge in [-0.3, -0.25) is 4.79 Å². The molecule has 2 N–H and O–H groups in total. The minimum Gasteiger partial charge on any atom is -0.468 e. The molecule has 1 aromatic carbocycles. The normalized spacial score (nSPS) is 11.5. The van der Waals surface area contributed by atoms with Crippen molar-refractivity contribution in [2.75, 3.05) is 7.11 Å². The van der Waals surface area contributed by atoms with Crippen LogP contribution in [0.1, 0.15) is 17.2 Å². The van der Waals surface area contributed by atoms with E-state index in [1.165, 1.54) is 25.3 Å². The molecule has 3 nitrogen and oxygen atoms in total. The molecule has 1 rings (SSSR count). The van der Waals surface area contributed by atoms with E-state index in [2.05, 4.69) is 4.74 Å². The third kappa shape index (κ3) is 3.18. The fraction of sp³-hybridized carbons (Fsp3) is 0.300. The van der Waals surface area contributed by atoms with Crippen molar-refractivity contribution in [3.63, 3.8) is 0 Å². The van der Waals surface area contributed by atoms with Crippen molar-refractivity contribution in [3.05, 3.63) is 35.1 Å². The average Bonchev–Trinajstić information content (AvgIpc) is 2.20. The van der Waals surface area contributed by atoms with Crippen LogP contribution in [0.3, 0.4) is 0 Å². The quantitative estimate of drug-likeness (QED) is 0.792. The van der Waals surface area contributed by atoms with Gasteiger partial charge in [-0.1, -0.05) is 12.1 Å². The molecule has 1 aromatic rings. The number of ether oxygens (including phenoxy) is 1. The number of rotatable bonds is 2. The first-order chi connectivity index (χ1) is 6.56. The van der Waals surface area contributed by atoms with Crippen LogP contribution in [0.25, 0.3) is 0 Å². The molecule has 0 aliphatic rings. The first-order valence-corrected chi connectivity index (χ1v) is 4.15. The van der Waals surface area contributed by atoms with Crippen molar-refractivity contribution in [2.45, 2.75) is 13.0 Å². The smallest absolute Gasteiger partial charge is 0.327 e. The van der Waals surface area contributed by atoms with E-state index >= 15 is 0 Å². The number of benzene rings is 1. The van der Waals surface area contributed by atoms with Gasteiger partial charge in [0, 0.05) is 0 Å². The third-order valence-electron chi connectivity index (χ3n) is 2.00. The highest BCUT2D eigenvalue weighted by Crippen LogP contribution is 2.15. The van der Waals surface area contributed by atoms with Crippen LogP contribution in [-0.4, -0.2) is 13.1 Å². The number of halogens is 2. The number of hydrogen-bond donors (Lipinski definition) is 1. The minimum atomic E-state index is -0.848. The summed E-state index contributed by atoms with van der Waals surface area (Å²) in [7, 11) is 1.26. The lowest BCUT2D eigenvalue weighted by Gasteiger charge is -2.10. The van der Waals surface area contributed by atoms with Crippen LogP contribution in [0.5, 0.6) is 0 Å². The second-order valence-electron chi connectivity index (χ2n) is 3.01. The Labute approximate surface area is 93.8 Å². The highest BCUT2D eigenvalue weighted by atomic mass is 35.5. The van der Waals surface area contributed by atoms with Crippen molar-refractivity contribution in [1.29, 1.82) is 0 Å². The molecule has 1 atom stereocenters. The molecular weight excluding hydrogens is 221 g/mol. The van der Waals surface area contributed by atoms with Crippen molar-refractivity contribution in [2.24, 2.45) is 5.73 Å². The predicted octanol–water partition coefficient (Wildman–Crippen LogP) is 1.73. The van der Waals surface area contributed by atoms with Gasteiger partial charge in [0.1, 0.15) is 11.9 Å². The molecule has 5 heteroatoms. The van der Waals surface area contributed by atoms with E-state index in [1.54, 1.807) is 6.92 Å². The number of methoxy groups -OCH3 is 1. The molecule has 0 aliphatic heterocycles. The van der Waals surface area contributed by atoms with Gasteiger partial charge in [0.15, 0.2) is 0 Å². The van der Waals surface area contributed by atoms with Gasteiger partial charge in [-0.05, 0) is 24.1 Å². The van der Waals surface area contributed by atoms with Gasteiger partial charge in [0.25, 0.3) is 0 Å². The van der Waals surface area contributed by atoms with E-state index in [-0.39, 0.29) is 18.2 Å². The van der Waals surface area contributed by atoms with E-state index in [0.717, 1.165) is 0 Å². The molecule has 0 fully saturated rings. The van der Waals surface area contributed by atoms with Crippen molar-refractivity contribution in [1.82, 2.24) is 0 Å². The van der Waals surface area contributed by atoms with Gasteiger partial charge in [0.2, 0.25) is 0 Å². The Hall–Kier alpha value is -1.13. The van der Waals surface area contributed by atoms with Crippen LogP contribution in [-0.2, 0) is 9.53 Å². The second kappa shape index (κ2) is 5.68. The summed E-state index contributed by atoms with van der Waals surface area (Å²) in [5, 5.41) is 0. The first-order valence-electron chi connectivity index (χ1n) is 4.15. The maximum absolute atomic E-state index is 12.9. The van der Waals surface area contributed by atoms with Crippen LogP contribution < -0.4 is 5.73 Å². The van der Waals surface area contributed by atoms with Crippen LogP contribution >= 0.6 is 12.4 Å². The molecule has 84 valence electrons. The molecule has 0 aromatic heterocycles. The fourth-order valence-corrected chi connectivity index (χ4v) is 1.12. The lowest BCUT2D eigenvalue weighted by Crippen LogP contribution is -2.22. The summed E-state index contributed by atoms with van der Waals surface area (Å²) in [6.45, 7) is 1.61. The summed E-state index contributed by atoms with van der Waals surface area (Å²) in [6.07, 6.45) is 0. The van der Waals surface area contributed by atoms with Crippen molar-refractivity contribution >= 4 is 18.4 Å². The van der Waals surface area contributed by atoms with Crippen molar-refractivity contribution < 1.29 is 13.9 Å². The summed E-state index contributed by atoms with van der Waals surface area (Å²) in [5.74, 6) is -0.846. The zero-order valence-corrected chi connectivity index (χ0v) is 9.31. The topological polar surface area (TPSA) is 52.3 Å². The Morgan fingerprint density at radius 3 is 2.60 bits per heavy atom. The predicted molar refractivity (Wildman–Crippen MR) is 57.3 cm³/mol. The molecule has 0 radical (unpaired) electrons. The van der Waals surface area contributed by atoms with Crippen LogP contribution in [0.2, 0.25) is 0 Å². The fourth-order valence-electron chi connectivity index (χ4n) is 1.12. The summed E-state index contributed by atoms with van der Waals surface area (Å²) in [6, 6.07) is 3.45. The van der Waals surface area contributed by atoms with Gasteiger partial charge >= 0.3 is 5.97 Å². The van der Waals surface area contributed by atoms with E-state index in [1.807, 2.05) is 0 Å². The number of aryl methyl sites for hydroxylation is 1. The largest absolute Gasteiger partial charge is 0.468 e. The average molecular weight is 234 g/mol. The zero-order chi connectivity index (χ0) is 10.7. The third-order valence-corrected chi connectivity index (χ3v) is 2.00. The standard InChI is InChI=1S/C10H12FNO2.ClH/c1-6-5-7(3-4-8(6)11)9(12)10(13)14-2;/h3-5,9H,12H2,1-2H3;1H. The number of hydrogen-bond acceptors (Lipinski definition) is 3. The van der Waals surface area contributed by atoms with Crippen LogP contribution in [0.4, 0.5) is 4.39 Å². The Bertz CT molecular complexity index is 357. The molecule has 0 amide bonds. The molecular formula is C10H13ClFNO2. The lowest BCUT2D eigenvalue weighted by atomic mass is 10.1. The number of nitrogens with two attached hydrogens (primary N) is 1. The SMILES string of the molecule is COC(=O)C(N)c1ccc(F)c(C)c1.Cl. The van der Waals surface area contributed by atoms with Crippen LogP contribution in [0.15, 0.2) is 18.2 Å². The van der Waals surface area contributed by atoms with Gasteiger partial charge < -0.3 is 10.5 Å². The maximum atomic E-state index is 12.9. The van der Waals surface area contributed by atoms with Gasteiger partial charge in [-0.15, -0.1) is 12.4 Å². The van der Waals surface area contributed by atoms with E-state index in [9.17, 15) is 9.18 Å². The summed E-state index contributed by atoms with van der Waals surface area (Å²) >= 11 is 0. The molecule has 0 aliphatic carbocycles. The molecule has 1 unspecified atom stereocenters. The molecule has 0 spiro atoms. The Kier molecular flexibility index (Phi) is 5.25. The molecule has 0 saturated heterocycles.